The van der Waals surface area contributed by atoms with Gasteiger partial charge < -0.3 is 10.2 Å². The Morgan fingerprint density at radius 3 is 2.40 bits per heavy atom. The summed E-state index contributed by atoms with van der Waals surface area (Å²) in [5.74, 6) is 0.437. The van der Waals surface area contributed by atoms with Crippen molar-refractivity contribution in [2.24, 2.45) is 5.92 Å². The molecule has 114 valence electrons. The van der Waals surface area contributed by atoms with E-state index in [0.29, 0.717) is 5.92 Å². The number of hydrogen-bond acceptors (Lipinski definition) is 2. The van der Waals surface area contributed by atoms with Crippen LogP contribution in [0.4, 0.5) is 0 Å². The zero-order chi connectivity index (χ0) is 14.9. The maximum Gasteiger partial charge on any atom is 0.246 e. The molecular formula is C16H28N2O2. The predicted octanol–water partition coefficient (Wildman–Crippen LogP) is 2.47. The van der Waals surface area contributed by atoms with Gasteiger partial charge in [0.05, 0.1) is 0 Å². The molecule has 1 saturated heterocycles. The molecule has 0 aromatic rings. The third-order valence-electron chi connectivity index (χ3n) is 5.10. The maximum absolute atomic E-state index is 12.9. The summed E-state index contributed by atoms with van der Waals surface area (Å²) in [7, 11) is 0. The molecule has 2 unspecified atom stereocenters. The van der Waals surface area contributed by atoms with Crippen molar-refractivity contribution < 1.29 is 9.59 Å². The van der Waals surface area contributed by atoms with Crippen molar-refractivity contribution in [3.8, 4) is 0 Å². The fraction of sp³-hybridized carbons (Fsp3) is 0.875. The second-order valence-electron chi connectivity index (χ2n) is 6.87. The van der Waals surface area contributed by atoms with Crippen molar-refractivity contribution >= 4 is 11.8 Å². The Morgan fingerprint density at radius 2 is 1.85 bits per heavy atom. The molecule has 2 rings (SSSR count). The molecule has 1 aliphatic carbocycles. The van der Waals surface area contributed by atoms with Crippen molar-refractivity contribution in [1.29, 1.82) is 0 Å². The third kappa shape index (κ3) is 2.57. The number of rotatable bonds is 3. The lowest BCUT2D eigenvalue weighted by atomic mass is 9.80. The molecule has 0 aromatic carbocycles. The maximum atomic E-state index is 12.9. The van der Waals surface area contributed by atoms with Crippen molar-refractivity contribution in [3.05, 3.63) is 0 Å². The zero-order valence-electron chi connectivity index (χ0n) is 13.2. The second-order valence-corrected chi connectivity index (χ2v) is 6.87. The summed E-state index contributed by atoms with van der Waals surface area (Å²) in [6.07, 6.45) is 6.61. The summed E-state index contributed by atoms with van der Waals surface area (Å²) in [5, 5.41) is 3.00. The summed E-state index contributed by atoms with van der Waals surface area (Å²) in [6, 6.07) is -0.195. The Labute approximate surface area is 122 Å². The average Bonchev–Trinajstić information content (AvgIpc) is 2.43. The molecule has 2 atom stereocenters. The number of carbonyl (C=O) groups excluding carboxylic acids is 2. The topological polar surface area (TPSA) is 49.4 Å². The van der Waals surface area contributed by atoms with Crippen molar-refractivity contribution in [2.45, 2.75) is 83.8 Å². The van der Waals surface area contributed by atoms with Crippen molar-refractivity contribution in [2.75, 3.05) is 0 Å². The van der Waals surface area contributed by atoms with E-state index in [2.05, 4.69) is 12.2 Å². The molecule has 0 bridgehead atoms. The molecule has 1 aliphatic heterocycles. The second kappa shape index (κ2) is 5.74. The lowest BCUT2D eigenvalue weighted by Gasteiger charge is -2.49. The highest BCUT2D eigenvalue weighted by molar-refractivity contribution is 5.99. The van der Waals surface area contributed by atoms with Gasteiger partial charge >= 0.3 is 0 Å². The van der Waals surface area contributed by atoms with Gasteiger partial charge in [-0.05, 0) is 46.0 Å². The fourth-order valence-corrected chi connectivity index (χ4v) is 3.65. The lowest BCUT2D eigenvalue weighted by Crippen LogP contribution is -2.71. The van der Waals surface area contributed by atoms with E-state index in [1.165, 1.54) is 19.3 Å². The van der Waals surface area contributed by atoms with Gasteiger partial charge in [-0.1, -0.05) is 26.2 Å². The van der Waals surface area contributed by atoms with E-state index in [1.807, 2.05) is 25.7 Å². The van der Waals surface area contributed by atoms with E-state index in [-0.39, 0.29) is 23.9 Å². The van der Waals surface area contributed by atoms with Crippen LogP contribution in [0.25, 0.3) is 0 Å². The van der Waals surface area contributed by atoms with E-state index >= 15 is 0 Å². The standard InChI is InChI=1S/C16H28N2O2/c1-5-11(2)18-14(19)13(12-9-7-6-8-10-12)17-15(20)16(18,3)4/h11-13H,5-10H2,1-4H3,(H,17,20). The quantitative estimate of drug-likeness (QED) is 0.863. The highest BCUT2D eigenvalue weighted by Crippen LogP contribution is 2.32. The Morgan fingerprint density at radius 1 is 1.25 bits per heavy atom. The van der Waals surface area contributed by atoms with Crippen LogP contribution in [-0.4, -0.2) is 34.3 Å². The molecule has 2 aliphatic rings. The molecule has 0 spiro atoms. The van der Waals surface area contributed by atoms with Gasteiger partial charge in [0.2, 0.25) is 11.8 Å². The Balaban J connectivity index is 2.24. The van der Waals surface area contributed by atoms with Crippen LogP contribution in [0.1, 0.15) is 66.2 Å². The van der Waals surface area contributed by atoms with Crippen molar-refractivity contribution in [1.82, 2.24) is 10.2 Å². The van der Waals surface area contributed by atoms with Gasteiger partial charge in [0, 0.05) is 6.04 Å². The van der Waals surface area contributed by atoms with Crippen molar-refractivity contribution in [3.63, 3.8) is 0 Å². The number of carbonyl (C=O) groups is 2. The first-order chi connectivity index (χ1) is 9.39. The largest absolute Gasteiger partial charge is 0.342 e. The lowest BCUT2D eigenvalue weighted by molar-refractivity contribution is -0.160. The van der Waals surface area contributed by atoms with E-state index in [9.17, 15) is 9.59 Å². The van der Waals surface area contributed by atoms with Gasteiger partial charge in [0.15, 0.2) is 0 Å². The zero-order valence-corrected chi connectivity index (χ0v) is 13.2. The van der Waals surface area contributed by atoms with Gasteiger partial charge in [-0.3, -0.25) is 9.59 Å². The Hall–Kier alpha value is -1.06. The molecule has 0 radical (unpaired) electrons. The molecule has 2 fully saturated rings. The summed E-state index contributed by atoms with van der Waals surface area (Å²) < 4.78 is 0. The Bertz CT molecular complexity index is 386. The van der Waals surface area contributed by atoms with E-state index in [4.69, 9.17) is 0 Å². The smallest absolute Gasteiger partial charge is 0.246 e. The van der Waals surface area contributed by atoms with Crippen LogP contribution in [0.2, 0.25) is 0 Å². The number of hydrogen-bond donors (Lipinski definition) is 1. The first-order valence-corrected chi connectivity index (χ1v) is 8.03. The molecule has 0 aromatic heterocycles. The van der Waals surface area contributed by atoms with Crippen LogP contribution in [-0.2, 0) is 9.59 Å². The van der Waals surface area contributed by atoms with Crippen LogP contribution in [0.3, 0.4) is 0 Å². The highest BCUT2D eigenvalue weighted by atomic mass is 16.2. The molecule has 2 amide bonds. The first kappa shape index (κ1) is 15.3. The van der Waals surface area contributed by atoms with Gasteiger partial charge in [0.1, 0.15) is 11.6 Å². The monoisotopic (exact) mass is 280 g/mol. The highest BCUT2D eigenvalue weighted by Gasteiger charge is 2.49. The molecule has 1 saturated carbocycles. The predicted molar refractivity (Wildman–Crippen MR) is 79.2 cm³/mol. The molecule has 4 heteroatoms. The van der Waals surface area contributed by atoms with E-state index < -0.39 is 5.54 Å². The van der Waals surface area contributed by atoms with Crippen LogP contribution in [0.15, 0.2) is 0 Å². The fourth-order valence-electron chi connectivity index (χ4n) is 3.65. The van der Waals surface area contributed by atoms with Gasteiger partial charge in [0.25, 0.3) is 0 Å². The minimum Gasteiger partial charge on any atom is -0.342 e. The molecular weight excluding hydrogens is 252 g/mol. The van der Waals surface area contributed by atoms with E-state index in [0.717, 1.165) is 19.3 Å². The Kier molecular flexibility index (Phi) is 4.40. The number of nitrogens with one attached hydrogen (secondary N) is 1. The van der Waals surface area contributed by atoms with Crippen LogP contribution < -0.4 is 5.32 Å². The normalized spacial score (nSPS) is 29.2. The van der Waals surface area contributed by atoms with Gasteiger partial charge in [-0.25, -0.2) is 0 Å². The SMILES string of the molecule is CCC(C)N1C(=O)C(C2CCCCC2)NC(=O)C1(C)C. The average molecular weight is 280 g/mol. The first-order valence-electron chi connectivity index (χ1n) is 8.03. The van der Waals surface area contributed by atoms with Crippen LogP contribution in [0.5, 0.6) is 0 Å². The van der Waals surface area contributed by atoms with E-state index in [1.54, 1.807) is 0 Å². The minimum atomic E-state index is -0.738. The van der Waals surface area contributed by atoms with Crippen LogP contribution in [0, 0.1) is 5.92 Å². The minimum absolute atomic E-state index is 0.00651. The van der Waals surface area contributed by atoms with Crippen LogP contribution >= 0.6 is 0 Å². The molecule has 20 heavy (non-hydrogen) atoms. The summed E-state index contributed by atoms with van der Waals surface area (Å²) in [4.78, 5) is 27.2. The third-order valence-corrected chi connectivity index (χ3v) is 5.10. The summed E-state index contributed by atoms with van der Waals surface area (Å²) in [5.41, 5.74) is -0.738. The van der Waals surface area contributed by atoms with Gasteiger partial charge in [-0.15, -0.1) is 0 Å². The number of nitrogens with zero attached hydrogens (tertiary/aromatic N) is 1. The molecule has 1 N–H and O–H groups in total. The molecule has 4 nitrogen and oxygen atoms in total. The molecule has 1 heterocycles. The number of piperazine rings is 1. The summed E-state index contributed by atoms with van der Waals surface area (Å²) >= 11 is 0. The van der Waals surface area contributed by atoms with Gasteiger partial charge in [-0.2, -0.15) is 0 Å². The summed E-state index contributed by atoms with van der Waals surface area (Å²) in [6.45, 7) is 7.80. The number of amides is 2.